The van der Waals surface area contributed by atoms with Crippen molar-refractivity contribution in [3.63, 3.8) is 0 Å². The van der Waals surface area contributed by atoms with Crippen molar-refractivity contribution < 1.29 is 9.66 Å². The SMILES string of the molecule is COc1ccc([N+](=O)[O-])c2c1N[C@H](c1cccc(Br)c1)[C@@H]1CC=C[C@H]21. The summed E-state index contributed by atoms with van der Waals surface area (Å²) in [5.41, 5.74) is 2.77. The third-order valence-corrected chi connectivity index (χ3v) is 5.58. The standard InChI is InChI=1S/C19H17BrN2O3/c1-25-16-9-8-15(22(23)24)17-13-6-3-7-14(13)18(21-19(16)17)11-4-2-5-12(20)10-11/h2-6,8-10,13-14,18,21H,7H2,1H3/t13-,14+,18+/m0/s1. The Morgan fingerprint density at radius 3 is 2.88 bits per heavy atom. The summed E-state index contributed by atoms with van der Waals surface area (Å²) in [5, 5.41) is 15.1. The van der Waals surface area contributed by atoms with Crippen molar-refractivity contribution in [1.29, 1.82) is 0 Å². The van der Waals surface area contributed by atoms with Crippen LogP contribution >= 0.6 is 15.9 Å². The minimum absolute atomic E-state index is 0.00994. The molecule has 0 bridgehead atoms. The summed E-state index contributed by atoms with van der Waals surface area (Å²) in [6, 6.07) is 11.5. The summed E-state index contributed by atoms with van der Waals surface area (Å²) in [6.45, 7) is 0. The largest absolute Gasteiger partial charge is 0.495 e. The van der Waals surface area contributed by atoms with Gasteiger partial charge in [-0.1, -0.05) is 40.2 Å². The van der Waals surface area contributed by atoms with Gasteiger partial charge < -0.3 is 10.1 Å². The molecule has 3 atom stereocenters. The van der Waals surface area contributed by atoms with Gasteiger partial charge in [0.25, 0.3) is 5.69 Å². The first-order valence-corrected chi connectivity index (χ1v) is 8.93. The lowest BCUT2D eigenvalue weighted by molar-refractivity contribution is -0.385. The van der Waals surface area contributed by atoms with Gasteiger partial charge in [-0.15, -0.1) is 0 Å². The van der Waals surface area contributed by atoms with E-state index in [9.17, 15) is 10.1 Å². The van der Waals surface area contributed by atoms with Gasteiger partial charge in [0.2, 0.25) is 0 Å². The molecule has 0 radical (unpaired) electrons. The highest BCUT2D eigenvalue weighted by Crippen LogP contribution is 2.54. The summed E-state index contributed by atoms with van der Waals surface area (Å²) < 4.78 is 6.50. The normalized spacial score (nSPS) is 23.5. The van der Waals surface area contributed by atoms with Gasteiger partial charge in [0.05, 0.1) is 29.3 Å². The Labute approximate surface area is 154 Å². The Kier molecular flexibility index (Phi) is 4.00. The van der Waals surface area contributed by atoms with Crippen LogP contribution in [0.3, 0.4) is 0 Å². The zero-order valence-corrected chi connectivity index (χ0v) is 15.2. The number of fused-ring (bicyclic) bond motifs is 3. The first kappa shape index (κ1) is 16.1. The summed E-state index contributed by atoms with van der Waals surface area (Å²) in [4.78, 5) is 11.3. The van der Waals surface area contributed by atoms with Gasteiger partial charge in [0.1, 0.15) is 5.75 Å². The highest BCUT2D eigenvalue weighted by molar-refractivity contribution is 9.10. The van der Waals surface area contributed by atoms with Gasteiger partial charge in [-0.05, 0) is 36.1 Å². The third-order valence-electron chi connectivity index (χ3n) is 5.08. The molecule has 1 aliphatic carbocycles. The number of nitro groups is 1. The van der Waals surface area contributed by atoms with E-state index < -0.39 is 0 Å². The average Bonchev–Trinajstić information content (AvgIpc) is 3.09. The predicted octanol–water partition coefficient (Wildman–Crippen LogP) is 5.19. The zero-order valence-electron chi connectivity index (χ0n) is 13.6. The van der Waals surface area contributed by atoms with Gasteiger partial charge >= 0.3 is 0 Å². The number of hydrogen-bond donors (Lipinski definition) is 1. The number of nitrogens with one attached hydrogen (secondary N) is 1. The topological polar surface area (TPSA) is 64.4 Å². The molecule has 6 heteroatoms. The molecule has 4 rings (SSSR count). The Bertz CT molecular complexity index is 881. The van der Waals surface area contributed by atoms with E-state index in [2.05, 4.69) is 45.5 Å². The van der Waals surface area contributed by atoms with Crippen molar-refractivity contribution in [2.75, 3.05) is 12.4 Å². The molecule has 0 spiro atoms. The van der Waals surface area contributed by atoms with Crippen LogP contribution < -0.4 is 10.1 Å². The molecule has 1 N–H and O–H groups in total. The number of anilines is 1. The van der Waals surface area contributed by atoms with Crippen LogP contribution in [0.15, 0.2) is 53.0 Å². The van der Waals surface area contributed by atoms with Crippen molar-refractivity contribution in [2.45, 2.75) is 18.4 Å². The van der Waals surface area contributed by atoms with Crippen LogP contribution in [0.4, 0.5) is 11.4 Å². The fourth-order valence-electron chi connectivity index (χ4n) is 4.02. The number of nitrogens with zero attached hydrogens (tertiary/aromatic N) is 1. The maximum absolute atomic E-state index is 11.6. The lowest BCUT2D eigenvalue weighted by atomic mass is 9.76. The van der Waals surface area contributed by atoms with Gasteiger partial charge in [0.15, 0.2) is 0 Å². The van der Waals surface area contributed by atoms with Gasteiger partial charge in [0, 0.05) is 16.5 Å². The van der Waals surface area contributed by atoms with Crippen molar-refractivity contribution in [3.05, 3.63) is 74.3 Å². The van der Waals surface area contributed by atoms with Crippen LogP contribution in [-0.2, 0) is 0 Å². The lowest BCUT2D eigenvalue weighted by Crippen LogP contribution is -2.30. The quantitative estimate of drug-likeness (QED) is 0.437. The number of rotatable bonds is 3. The zero-order chi connectivity index (χ0) is 17.6. The number of allylic oxidation sites excluding steroid dienone is 2. The lowest BCUT2D eigenvalue weighted by Gasteiger charge is -2.37. The molecule has 5 nitrogen and oxygen atoms in total. The molecule has 2 aromatic rings. The van der Waals surface area contributed by atoms with E-state index in [1.165, 1.54) is 0 Å². The number of benzene rings is 2. The summed E-state index contributed by atoms with van der Waals surface area (Å²) in [7, 11) is 1.59. The van der Waals surface area contributed by atoms with Gasteiger partial charge in [-0.2, -0.15) is 0 Å². The van der Waals surface area contributed by atoms with Crippen LogP contribution in [-0.4, -0.2) is 12.0 Å². The van der Waals surface area contributed by atoms with Crippen molar-refractivity contribution in [1.82, 2.24) is 0 Å². The second-order valence-electron chi connectivity index (χ2n) is 6.36. The van der Waals surface area contributed by atoms with Crippen LogP contribution in [0.2, 0.25) is 0 Å². The number of halogens is 1. The van der Waals surface area contributed by atoms with E-state index in [-0.39, 0.29) is 28.5 Å². The highest BCUT2D eigenvalue weighted by Gasteiger charge is 2.42. The molecule has 0 fully saturated rings. The Morgan fingerprint density at radius 1 is 1.32 bits per heavy atom. The Hall–Kier alpha value is -2.34. The average molecular weight is 401 g/mol. The molecule has 25 heavy (non-hydrogen) atoms. The molecule has 1 aliphatic heterocycles. The maximum Gasteiger partial charge on any atom is 0.275 e. The third kappa shape index (κ3) is 2.61. The number of hydrogen-bond acceptors (Lipinski definition) is 4. The minimum atomic E-state index is -0.303. The molecule has 0 saturated heterocycles. The minimum Gasteiger partial charge on any atom is -0.495 e. The van der Waals surface area contributed by atoms with E-state index in [0.29, 0.717) is 5.75 Å². The second kappa shape index (κ2) is 6.19. The van der Waals surface area contributed by atoms with Crippen LogP contribution in [0.1, 0.15) is 29.5 Å². The van der Waals surface area contributed by atoms with E-state index in [1.807, 2.05) is 12.1 Å². The Balaban J connectivity index is 1.89. The van der Waals surface area contributed by atoms with Gasteiger partial charge in [-0.25, -0.2) is 0 Å². The van der Waals surface area contributed by atoms with Crippen LogP contribution in [0, 0.1) is 16.0 Å². The van der Waals surface area contributed by atoms with Crippen molar-refractivity contribution in [3.8, 4) is 5.75 Å². The smallest absolute Gasteiger partial charge is 0.275 e. The number of methoxy groups -OCH3 is 1. The van der Waals surface area contributed by atoms with Crippen molar-refractivity contribution >= 4 is 27.3 Å². The maximum atomic E-state index is 11.6. The van der Waals surface area contributed by atoms with Crippen LogP contribution in [0.5, 0.6) is 5.75 Å². The van der Waals surface area contributed by atoms with E-state index in [1.54, 1.807) is 19.2 Å². The second-order valence-corrected chi connectivity index (χ2v) is 7.28. The molecule has 0 amide bonds. The predicted molar refractivity (Wildman–Crippen MR) is 100 cm³/mol. The first-order chi connectivity index (χ1) is 12.1. The summed E-state index contributed by atoms with van der Waals surface area (Å²) in [5.74, 6) is 0.891. The molecule has 0 aromatic heterocycles. The Morgan fingerprint density at radius 2 is 2.16 bits per heavy atom. The molecular formula is C19H17BrN2O3. The number of ether oxygens (including phenoxy) is 1. The molecule has 0 saturated carbocycles. The molecule has 128 valence electrons. The first-order valence-electron chi connectivity index (χ1n) is 8.14. The molecule has 0 unspecified atom stereocenters. The number of nitro benzene ring substituents is 1. The summed E-state index contributed by atoms with van der Waals surface area (Å²) >= 11 is 3.53. The van der Waals surface area contributed by atoms with E-state index >= 15 is 0 Å². The van der Waals surface area contributed by atoms with Crippen molar-refractivity contribution in [2.24, 2.45) is 5.92 Å². The monoisotopic (exact) mass is 400 g/mol. The molecule has 2 aromatic carbocycles. The molecule has 2 aliphatic rings. The fraction of sp³-hybridized carbons (Fsp3) is 0.263. The summed E-state index contributed by atoms with van der Waals surface area (Å²) in [6.07, 6.45) is 5.12. The van der Waals surface area contributed by atoms with E-state index in [0.717, 1.165) is 27.7 Å². The van der Waals surface area contributed by atoms with E-state index in [4.69, 9.17) is 4.74 Å². The molecular weight excluding hydrogens is 384 g/mol. The fourth-order valence-corrected chi connectivity index (χ4v) is 4.44. The highest BCUT2D eigenvalue weighted by atomic mass is 79.9. The van der Waals surface area contributed by atoms with Crippen LogP contribution in [0.25, 0.3) is 0 Å². The van der Waals surface area contributed by atoms with Gasteiger partial charge in [-0.3, -0.25) is 10.1 Å². The molecule has 1 heterocycles.